The van der Waals surface area contributed by atoms with E-state index in [9.17, 15) is 0 Å². The van der Waals surface area contributed by atoms with Crippen LogP contribution >= 0.6 is 0 Å². The maximum Gasteiger partial charge on any atom is -0.0228 e. The summed E-state index contributed by atoms with van der Waals surface area (Å²) < 4.78 is 0. The Hall–Kier alpha value is -1.04. The summed E-state index contributed by atoms with van der Waals surface area (Å²) >= 11 is 0. The third kappa shape index (κ3) is 6.05. The molecule has 0 amide bonds. The van der Waals surface area contributed by atoms with Crippen LogP contribution < -0.4 is 0 Å². The molecule has 0 fully saturated rings. The zero-order valence-electron chi connectivity index (χ0n) is 12.1. The Morgan fingerprint density at radius 3 is 2.22 bits per heavy atom. The third-order valence-corrected chi connectivity index (χ3v) is 3.39. The number of rotatable bonds is 9. The lowest BCUT2D eigenvalue weighted by molar-refractivity contribution is 0.720. The summed E-state index contributed by atoms with van der Waals surface area (Å²) in [7, 11) is 0. The third-order valence-electron chi connectivity index (χ3n) is 3.39. The maximum absolute atomic E-state index is 2.47. The van der Waals surface area contributed by atoms with Crippen molar-refractivity contribution in [3.63, 3.8) is 0 Å². The molecule has 1 aromatic carbocycles. The van der Waals surface area contributed by atoms with E-state index in [4.69, 9.17) is 0 Å². The lowest BCUT2D eigenvalue weighted by Gasteiger charge is -2.08. The first kappa shape index (κ1) is 15.0. The van der Waals surface area contributed by atoms with Gasteiger partial charge in [0.25, 0.3) is 0 Å². The summed E-state index contributed by atoms with van der Waals surface area (Å²) in [5, 5.41) is 0. The van der Waals surface area contributed by atoms with Gasteiger partial charge in [-0.15, -0.1) is 0 Å². The largest absolute Gasteiger partial charge is 0.0807 e. The molecule has 100 valence electrons. The molecule has 18 heavy (non-hydrogen) atoms. The van der Waals surface area contributed by atoms with Gasteiger partial charge in [0.05, 0.1) is 0 Å². The fourth-order valence-electron chi connectivity index (χ4n) is 2.25. The van der Waals surface area contributed by atoms with Crippen LogP contribution in [0.4, 0.5) is 0 Å². The molecule has 0 nitrogen and oxygen atoms in total. The SMILES string of the molecule is CCCCCC=C(CCCCC)c1ccccc1. The highest BCUT2D eigenvalue weighted by Crippen LogP contribution is 2.22. The highest BCUT2D eigenvalue weighted by Gasteiger charge is 2.00. The smallest absolute Gasteiger partial charge is 0.0228 e. The van der Waals surface area contributed by atoms with Gasteiger partial charge in [-0.3, -0.25) is 0 Å². The molecular formula is C18H28. The van der Waals surface area contributed by atoms with Crippen LogP contribution in [0.5, 0.6) is 0 Å². The van der Waals surface area contributed by atoms with Crippen LogP contribution in [-0.2, 0) is 0 Å². The summed E-state index contributed by atoms with van der Waals surface area (Å²) in [4.78, 5) is 0. The molecule has 1 rings (SSSR count). The van der Waals surface area contributed by atoms with Crippen molar-refractivity contribution in [3.8, 4) is 0 Å². The summed E-state index contributed by atoms with van der Waals surface area (Å²) in [6.45, 7) is 4.54. The lowest BCUT2D eigenvalue weighted by atomic mass is 9.98. The van der Waals surface area contributed by atoms with E-state index in [2.05, 4.69) is 50.3 Å². The van der Waals surface area contributed by atoms with E-state index in [-0.39, 0.29) is 0 Å². The second-order valence-electron chi connectivity index (χ2n) is 5.05. The number of hydrogen-bond acceptors (Lipinski definition) is 0. The minimum Gasteiger partial charge on any atom is -0.0807 e. The van der Waals surface area contributed by atoms with Gasteiger partial charge < -0.3 is 0 Å². The summed E-state index contributed by atoms with van der Waals surface area (Å²) in [5.74, 6) is 0. The predicted octanol–water partition coefficient (Wildman–Crippen LogP) is 6.23. The highest BCUT2D eigenvalue weighted by molar-refractivity contribution is 5.65. The Kier molecular flexibility index (Phi) is 8.29. The molecule has 0 heterocycles. The molecule has 0 radical (unpaired) electrons. The molecule has 0 aliphatic rings. The Morgan fingerprint density at radius 1 is 0.889 bits per heavy atom. The van der Waals surface area contributed by atoms with E-state index in [0.717, 1.165) is 0 Å². The number of benzene rings is 1. The van der Waals surface area contributed by atoms with Crippen molar-refractivity contribution < 1.29 is 0 Å². The second-order valence-corrected chi connectivity index (χ2v) is 5.05. The maximum atomic E-state index is 2.47. The van der Waals surface area contributed by atoms with Crippen molar-refractivity contribution in [2.75, 3.05) is 0 Å². The summed E-state index contributed by atoms with van der Waals surface area (Å²) in [6, 6.07) is 10.9. The normalized spacial score (nSPS) is 11.8. The molecule has 0 aliphatic heterocycles. The Bertz CT molecular complexity index is 321. The number of hydrogen-bond donors (Lipinski definition) is 0. The van der Waals surface area contributed by atoms with E-state index in [1.807, 2.05) is 0 Å². The van der Waals surface area contributed by atoms with E-state index in [1.165, 1.54) is 56.9 Å². The minimum absolute atomic E-state index is 1.24. The molecule has 1 aromatic rings. The van der Waals surface area contributed by atoms with Gasteiger partial charge >= 0.3 is 0 Å². The van der Waals surface area contributed by atoms with Crippen LogP contribution in [0.1, 0.15) is 70.8 Å². The zero-order valence-corrected chi connectivity index (χ0v) is 12.1. The second kappa shape index (κ2) is 9.94. The van der Waals surface area contributed by atoms with Crippen molar-refractivity contribution in [1.82, 2.24) is 0 Å². The molecule has 0 saturated carbocycles. The first-order chi connectivity index (χ1) is 8.88. The van der Waals surface area contributed by atoms with Gasteiger partial charge in [-0.05, 0) is 36.8 Å². The first-order valence-electron chi connectivity index (χ1n) is 7.63. The van der Waals surface area contributed by atoms with Crippen LogP contribution in [-0.4, -0.2) is 0 Å². The van der Waals surface area contributed by atoms with E-state index >= 15 is 0 Å². The molecule has 0 saturated heterocycles. The Morgan fingerprint density at radius 2 is 1.56 bits per heavy atom. The summed E-state index contributed by atoms with van der Waals surface area (Å²) in [6.07, 6.45) is 12.9. The summed E-state index contributed by atoms with van der Waals surface area (Å²) in [5.41, 5.74) is 2.98. The predicted molar refractivity (Wildman–Crippen MR) is 82.7 cm³/mol. The van der Waals surface area contributed by atoms with Gasteiger partial charge in [-0.25, -0.2) is 0 Å². The fraction of sp³-hybridized carbons (Fsp3) is 0.556. The van der Waals surface area contributed by atoms with Crippen molar-refractivity contribution in [2.45, 2.75) is 65.2 Å². The molecule has 0 atom stereocenters. The van der Waals surface area contributed by atoms with Gasteiger partial charge in [0.1, 0.15) is 0 Å². The molecule has 0 aromatic heterocycles. The monoisotopic (exact) mass is 244 g/mol. The average Bonchev–Trinajstić information content (AvgIpc) is 2.42. The minimum atomic E-state index is 1.24. The van der Waals surface area contributed by atoms with Crippen molar-refractivity contribution in [2.24, 2.45) is 0 Å². The van der Waals surface area contributed by atoms with Gasteiger partial charge in [0, 0.05) is 0 Å². The van der Waals surface area contributed by atoms with Crippen LogP contribution in [0, 0.1) is 0 Å². The van der Waals surface area contributed by atoms with Crippen LogP contribution in [0.2, 0.25) is 0 Å². The molecule has 0 spiro atoms. The molecular weight excluding hydrogens is 216 g/mol. The topological polar surface area (TPSA) is 0 Å². The van der Waals surface area contributed by atoms with Gasteiger partial charge in [0.2, 0.25) is 0 Å². The molecule has 0 aliphatic carbocycles. The van der Waals surface area contributed by atoms with Gasteiger partial charge in [-0.1, -0.05) is 75.9 Å². The van der Waals surface area contributed by atoms with Crippen LogP contribution in [0.15, 0.2) is 36.4 Å². The Labute approximate surface area is 113 Å². The average molecular weight is 244 g/mol. The van der Waals surface area contributed by atoms with Gasteiger partial charge in [-0.2, -0.15) is 0 Å². The van der Waals surface area contributed by atoms with Crippen LogP contribution in [0.3, 0.4) is 0 Å². The zero-order chi connectivity index (χ0) is 13.1. The Balaban J connectivity index is 2.57. The molecule has 0 unspecified atom stereocenters. The van der Waals surface area contributed by atoms with Crippen LogP contribution in [0.25, 0.3) is 5.57 Å². The van der Waals surface area contributed by atoms with E-state index in [0.29, 0.717) is 0 Å². The van der Waals surface area contributed by atoms with E-state index in [1.54, 1.807) is 5.57 Å². The first-order valence-corrected chi connectivity index (χ1v) is 7.63. The standard InChI is InChI=1S/C18H28/c1-3-5-7-10-14-17(13-9-6-4-2)18-15-11-8-12-16-18/h8,11-12,14-16H,3-7,9-10,13H2,1-2H3. The molecule has 0 heteroatoms. The molecule has 0 N–H and O–H groups in total. The van der Waals surface area contributed by atoms with E-state index < -0.39 is 0 Å². The molecule has 0 bridgehead atoms. The number of allylic oxidation sites excluding steroid dienone is 2. The van der Waals surface area contributed by atoms with Crippen molar-refractivity contribution >= 4 is 5.57 Å². The van der Waals surface area contributed by atoms with Crippen molar-refractivity contribution in [1.29, 1.82) is 0 Å². The van der Waals surface area contributed by atoms with Crippen molar-refractivity contribution in [3.05, 3.63) is 42.0 Å². The number of unbranched alkanes of at least 4 members (excludes halogenated alkanes) is 5. The quantitative estimate of drug-likeness (QED) is 0.452. The van der Waals surface area contributed by atoms with Gasteiger partial charge in [0.15, 0.2) is 0 Å². The lowest BCUT2D eigenvalue weighted by Crippen LogP contribution is -1.86. The fourth-order valence-corrected chi connectivity index (χ4v) is 2.25. The highest BCUT2D eigenvalue weighted by atomic mass is 14.1.